The molecule has 0 spiro atoms. The van der Waals surface area contributed by atoms with Gasteiger partial charge in [0.1, 0.15) is 6.61 Å². The monoisotopic (exact) mass is 268 g/mol. The molecule has 4 nitrogen and oxygen atoms in total. The topological polar surface area (TPSA) is 55.6 Å². The van der Waals surface area contributed by atoms with Gasteiger partial charge in [0.05, 0.1) is 12.6 Å². The number of carbonyl (C=O) groups excluding carboxylic acids is 1. The largest absolute Gasteiger partial charge is 0.369 e. The highest BCUT2D eigenvalue weighted by molar-refractivity contribution is 6.31. The smallest absolute Gasteiger partial charge is 0.253 e. The second-order valence-corrected chi connectivity index (χ2v) is 4.80. The normalized spacial score (nSPS) is 20.3. The van der Waals surface area contributed by atoms with Crippen LogP contribution in [0.4, 0.5) is 5.69 Å². The SMILES string of the molecule is Cc1c(Cl)cccc1N1C(=O)COCC1CCN. The summed E-state index contributed by atoms with van der Waals surface area (Å²) in [5.74, 6) is -0.0370. The number of nitrogens with two attached hydrogens (primary N) is 1. The molecule has 1 heterocycles. The van der Waals surface area contributed by atoms with Gasteiger partial charge in [0.2, 0.25) is 0 Å². The standard InChI is InChI=1S/C13H17ClN2O2/c1-9-11(14)3-2-4-12(9)16-10(5-6-15)7-18-8-13(16)17/h2-4,10H,5-8,15H2,1H3. The summed E-state index contributed by atoms with van der Waals surface area (Å²) in [5, 5.41) is 0.665. The molecule has 0 bridgehead atoms. The summed E-state index contributed by atoms with van der Waals surface area (Å²) in [7, 11) is 0. The van der Waals surface area contributed by atoms with Crippen molar-refractivity contribution < 1.29 is 9.53 Å². The summed E-state index contributed by atoms with van der Waals surface area (Å²) in [5.41, 5.74) is 7.36. The van der Waals surface area contributed by atoms with E-state index in [0.717, 1.165) is 17.7 Å². The highest BCUT2D eigenvalue weighted by atomic mass is 35.5. The van der Waals surface area contributed by atoms with E-state index in [9.17, 15) is 4.79 Å². The Bertz CT molecular complexity index is 449. The maximum Gasteiger partial charge on any atom is 0.253 e. The van der Waals surface area contributed by atoms with E-state index in [2.05, 4.69) is 0 Å². The van der Waals surface area contributed by atoms with Crippen molar-refractivity contribution in [2.24, 2.45) is 5.73 Å². The van der Waals surface area contributed by atoms with Crippen molar-refractivity contribution in [1.29, 1.82) is 0 Å². The summed E-state index contributed by atoms with van der Waals surface area (Å²) in [6.07, 6.45) is 0.720. The van der Waals surface area contributed by atoms with Crippen LogP contribution in [-0.2, 0) is 9.53 Å². The Balaban J connectivity index is 2.37. The van der Waals surface area contributed by atoms with E-state index in [1.54, 1.807) is 4.90 Å². The average Bonchev–Trinajstić information content (AvgIpc) is 2.34. The molecular formula is C13H17ClN2O2. The predicted molar refractivity (Wildman–Crippen MR) is 72.0 cm³/mol. The van der Waals surface area contributed by atoms with Crippen LogP contribution in [0.5, 0.6) is 0 Å². The number of hydrogen-bond acceptors (Lipinski definition) is 3. The molecule has 2 rings (SSSR count). The van der Waals surface area contributed by atoms with Crippen LogP contribution in [-0.4, -0.2) is 31.7 Å². The zero-order chi connectivity index (χ0) is 13.1. The third-order valence-corrected chi connectivity index (χ3v) is 3.58. The molecule has 1 aromatic rings. The molecule has 1 aliphatic heterocycles. The Labute approximate surface area is 112 Å². The second-order valence-electron chi connectivity index (χ2n) is 4.39. The van der Waals surface area contributed by atoms with Crippen LogP contribution in [0, 0.1) is 6.92 Å². The number of rotatable bonds is 3. The first-order valence-corrected chi connectivity index (χ1v) is 6.38. The minimum absolute atomic E-state index is 0.00610. The van der Waals surface area contributed by atoms with E-state index in [0.29, 0.717) is 18.2 Å². The maximum absolute atomic E-state index is 12.1. The van der Waals surface area contributed by atoms with E-state index in [1.165, 1.54) is 0 Å². The summed E-state index contributed by atoms with van der Waals surface area (Å²) in [6, 6.07) is 5.58. The highest BCUT2D eigenvalue weighted by Crippen LogP contribution is 2.30. The lowest BCUT2D eigenvalue weighted by molar-refractivity contribution is -0.127. The molecule has 18 heavy (non-hydrogen) atoms. The van der Waals surface area contributed by atoms with Crippen LogP contribution in [0.3, 0.4) is 0 Å². The van der Waals surface area contributed by atoms with Gasteiger partial charge in [-0.15, -0.1) is 0 Å². The molecule has 98 valence electrons. The van der Waals surface area contributed by atoms with Gasteiger partial charge in [0, 0.05) is 10.7 Å². The lowest BCUT2D eigenvalue weighted by Gasteiger charge is -2.36. The first-order valence-electron chi connectivity index (χ1n) is 6.00. The Morgan fingerprint density at radius 1 is 1.56 bits per heavy atom. The van der Waals surface area contributed by atoms with E-state index in [1.807, 2.05) is 25.1 Å². The third-order valence-electron chi connectivity index (χ3n) is 3.17. The van der Waals surface area contributed by atoms with Crippen LogP contribution in [0.1, 0.15) is 12.0 Å². The van der Waals surface area contributed by atoms with Crippen molar-refractivity contribution in [1.82, 2.24) is 0 Å². The van der Waals surface area contributed by atoms with Crippen LogP contribution < -0.4 is 10.6 Å². The lowest BCUT2D eigenvalue weighted by Crippen LogP contribution is -2.50. The highest BCUT2D eigenvalue weighted by Gasteiger charge is 2.30. The van der Waals surface area contributed by atoms with Crippen molar-refractivity contribution in [2.75, 3.05) is 24.7 Å². The van der Waals surface area contributed by atoms with Gasteiger partial charge < -0.3 is 15.4 Å². The fourth-order valence-electron chi connectivity index (χ4n) is 2.22. The summed E-state index contributed by atoms with van der Waals surface area (Å²) >= 11 is 6.11. The molecule has 1 fully saturated rings. The molecule has 1 unspecified atom stereocenters. The molecule has 1 aliphatic rings. The van der Waals surface area contributed by atoms with Gasteiger partial charge in [-0.2, -0.15) is 0 Å². The van der Waals surface area contributed by atoms with E-state index < -0.39 is 0 Å². The van der Waals surface area contributed by atoms with Crippen LogP contribution >= 0.6 is 11.6 Å². The molecule has 1 aromatic carbocycles. The zero-order valence-electron chi connectivity index (χ0n) is 10.4. The number of anilines is 1. The Morgan fingerprint density at radius 3 is 3.06 bits per heavy atom. The molecule has 1 saturated heterocycles. The van der Waals surface area contributed by atoms with Gasteiger partial charge in [0.25, 0.3) is 5.91 Å². The number of nitrogens with zero attached hydrogens (tertiary/aromatic N) is 1. The van der Waals surface area contributed by atoms with Gasteiger partial charge >= 0.3 is 0 Å². The van der Waals surface area contributed by atoms with Crippen molar-refractivity contribution >= 4 is 23.2 Å². The summed E-state index contributed by atoms with van der Waals surface area (Å²) in [6.45, 7) is 3.08. The van der Waals surface area contributed by atoms with Gasteiger partial charge in [-0.1, -0.05) is 17.7 Å². The van der Waals surface area contributed by atoms with Gasteiger partial charge in [0.15, 0.2) is 0 Å². The maximum atomic E-state index is 12.1. The summed E-state index contributed by atoms with van der Waals surface area (Å²) < 4.78 is 5.29. The quantitative estimate of drug-likeness (QED) is 0.908. The van der Waals surface area contributed by atoms with E-state index >= 15 is 0 Å². The number of benzene rings is 1. The van der Waals surface area contributed by atoms with Gasteiger partial charge in [-0.05, 0) is 37.6 Å². The average molecular weight is 269 g/mol. The zero-order valence-corrected chi connectivity index (χ0v) is 11.1. The molecule has 1 atom stereocenters. The van der Waals surface area contributed by atoms with Crippen molar-refractivity contribution in [2.45, 2.75) is 19.4 Å². The van der Waals surface area contributed by atoms with Crippen molar-refractivity contribution in [3.05, 3.63) is 28.8 Å². The van der Waals surface area contributed by atoms with Crippen molar-refractivity contribution in [3.63, 3.8) is 0 Å². The first kappa shape index (κ1) is 13.3. The predicted octanol–water partition coefficient (Wildman–Crippen LogP) is 1.73. The number of ether oxygens (including phenoxy) is 1. The number of amides is 1. The second kappa shape index (κ2) is 5.69. The third kappa shape index (κ3) is 2.51. The Hall–Kier alpha value is -1.10. The van der Waals surface area contributed by atoms with Crippen molar-refractivity contribution in [3.8, 4) is 0 Å². The minimum atomic E-state index is -0.0370. The molecule has 0 aromatic heterocycles. The lowest BCUT2D eigenvalue weighted by atomic mass is 10.1. The number of hydrogen-bond donors (Lipinski definition) is 1. The number of halogens is 1. The number of morpholine rings is 1. The molecule has 1 amide bonds. The Morgan fingerprint density at radius 2 is 2.33 bits per heavy atom. The molecule has 0 saturated carbocycles. The molecule has 2 N–H and O–H groups in total. The Kier molecular flexibility index (Phi) is 4.22. The molecule has 5 heteroatoms. The fraction of sp³-hybridized carbons (Fsp3) is 0.462. The van der Waals surface area contributed by atoms with Gasteiger partial charge in [-0.25, -0.2) is 0 Å². The fourth-order valence-corrected chi connectivity index (χ4v) is 2.39. The van der Waals surface area contributed by atoms with Gasteiger partial charge in [-0.3, -0.25) is 4.79 Å². The molecular weight excluding hydrogens is 252 g/mol. The number of carbonyl (C=O) groups is 1. The minimum Gasteiger partial charge on any atom is -0.369 e. The van der Waals surface area contributed by atoms with E-state index in [4.69, 9.17) is 22.1 Å². The molecule has 0 aliphatic carbocycles. The van der Waals surface area contributed by atoms with E-state index in [-0.39, 0.29) is 18.6 Å². The van der Waals surface area contributed by atoms with Crippen LogP contribution in [0.25, 0.3) is 0 Å². The summed E-state index contributed by atoms with van der Waals surface area (Å²) in [4.78, 5) is 13.8. The van der Waals surface area contributed by atoms with Crippen LogP contribution in [0.15, 0.2) is 18.2 Å². The molecule has 0 radical (unpaired) electrons. The first-order chi connectivity index (χ1) is 8.65. The van der Waals surface area contributed by atoms with Crippen LogP contribution in [0.2, 0.25) is 5.02 Å².